The molecular weight excluding hydrogens is 330 g/mol. The summed E-state index contributed by atoms with van der Waals surface area (Å²) < 4.78 is 5.23. The first-order valence-corrected chi connectivity index (χ1v) is 9.54. The lowest BCUT2D eigenvalue weighted by atomic mass is 10.0. The monoisotopic (exact) mass is 359 g/mol. The molecule has 1 heterocycles. The molecule has 0 bridgehead atoms. The third-order valence-corrected chi connectivity index (χ3v) is 4.24. The van der Waals surface area contributed by atoms with Crippen molar-refractivity contribution >= 4 is 29.7 Å². The largest absolute Gasteiger partial charge is 0.444 e. The van der Waals surface area contributed by atoms with Crippen LogP contribution < -0.4 is 10.6 Å². The Labute approximate surface area is 148 Å². The number of piperidine rings is 1. The van der Waals surface area contributed by atoms with E-state index in [4.69, 9.17) is 4.74 Å². The third kappa shape index (κ3) is 7.42. The summed E-state index contributed by atoms with van der Waals surface area (Å²) in [5.41, 5.74) is -0.614. The van der Waals surface area contributed by atoms with Gasteiger partial charge >= 0.3 is 6.09 Å². The van der Waals surface area contributed by atoms with Gasteiger partial charge in [-0.05, 0) is 45.6 Å². The minimum atomic E-state index is -0.643. The Bertz CT molecular complexity index is 465. The second-order valence-corrected chi connectivity index (χ2v) is 7.98. The zero-order valence-corrected chi connectivity index (χ0v) is 16.0. The molecule has 0 radical (unpaired) electrons. The molecule has 3 amide bonds. The fourth-order valence-electron chi connectivity index (χ4n) is 2.39. The number of alkyl carbamates (subject to hydrolysis) is 1. The molecule has 0 saturated carbocycles. The standard InChI is InChI=1S/C16H29N3O4S/c1-16(2,3)23-15(22)18-12(8-9-24-5)14(21)17-11-6-7-13(20)19(4)10-11/h11-12H,6-10H2,1-5H3,(H,17,21)(H,18,22)/t11?,12-/m0/s1. The minimum absolute atomic E-state index is 0.0857. The Kier molecular flexibility index (Phi) is 7.86. The van der Waals surface area contributed by atoms with Crippen LogP contribution in [0.3, 0.4) is 0 Å². The second-order valence-electron chi connectivity index (χ2n) is 7.00. The Morgan fingerprint density at radius 1 is 1.42 bits per heavy atom. The lowest BCUT2D eigenvalue weighted by Gasteiger charge is -2.31. The van der Waals surface area contributed by atoms with E-state index in [1.807, 2.05) is 6.26 Å². The molecule has 8 heteroatoms. The zero-order valence-electron chi connectivity index (χ0n) is 15.2. The van der Waals surface area contributed by atoms with Gasteiger partial charge in [0, 0.05) is 26.1 Å². The number of nitrogens with one attached hydrogen (secondary N) is 2. The molecule has 1 rings (SSSR count). The number of carbonyl (C=O) groups excluding carboxylic acids is 3. The van der Waals surface area contributed by atoms with Gasteiger partial charge in [0.25, 0.3) is 0 Å². The SMILES string of the molecule is CSCC[C@H](NC(=O)OC(C)(C)C)C(=O)NC1CCC(=O)N(C)C1. The highest BCUT2D eigenvalue weighted by Crippen LogP contribution is 2.11. The molecule has 1 aliphatic rings. The van der Waals surface area contributed by atoms with Crippen molar-refractivity contribution in [2.24, 2.45) is 0 Å². The summed E-state index contributed by atoms with van der Waals surface area (Å²) >= 11 is 1.61. The second kappa shape index (κ2) is 9.15. The molecule has 0 aliphatic carbocycles. The van der Waals surface area contributed by atoms with Gasteiger partial charge in [-0.3, -0.25) is 9.59 Å². The number of thioether (sulfide) groups is 1. The van der Waals surface area contributed by atoms with Crippen LogP contribution in [0.4, 0.5) is 4.79 Å². The number of ether oxygens (including phenoxy) is 1. The van der Waals surface area contributed by atoms with Crippen molar-refractivity contribution < 1.29 is 19.1 Å². The predicted molar refractivity (Wildman–Crippen MR) is 95.0 cm³/mol. The Balaban J connectivity index is 2.60. The van der Waals surface area contributed by atoms with Gasteiger partial charge in [0.15, 0.2) is 0 Å². The van der Waals surface area contributed by atoms with Gasteiger partial charge in [-0.25, -0.2) is 4.79 Å². The fourth-order valence-corrected chi connectivity index (χ4v) is 2.86. The average Bonchev–Trinajstić information content (AvgIpc) is 2.45. The van der Waals surface area contributed by atoms with Gasteiger partial charge in [0.05, 0.1) is 0 Å². The normalized spacial score (nSPS) is 19.6. The Hall–Kier alpha value is -1.44. The highest BCUT2D eigenvalue weighted by Gasteiger charge is 2.28. The predicted octanol–water partition coefficient (Wildman–Crippen LogP) is 1.37. The van der Waals surface area contributed by atoms with E-state index in [9.17, 15) is 14.4 Å². The highest BCUT2D eigenvalue weighted by molar-refractivity contribution is 7.98. The van der Waals surface area contributed by atoms with Crippen molar-refractivity contribution in [1.82, 2.24) is 15.5 Å². The lowest BCUT2D eigenvalue weighted by Crippen LogP contribution is -2.54. The molecule has 0 aromatic rings. The summed E-state index contributed by atoms with van der Waals surface area (Å²) in [5.74, 6) is 0.602. The van der Waals surface area contributed by atoms with Gasteiger partial charge < -0.3 is 20.3 Å². The molecule has 1 aliphatic heterocycles. The average molecular weight is 359 g/mol. The van der Waals surface area contributed by atoms with Crippen molar-refractivity contribution in [1.29, 1.82) is 0 Å². The quantitative estimate of drug-likeness (QED) is 0.748. The first kappa shape index (κ1) is 20.6. The van der Waals surface area contributed by atoms with Gasteiger partial charge in [-0.2, -0.15) is 11.8 Å². The number of likely N-dealkylation sites (N-methyl/N-ethyl adjacent to an activating group) is 1. The lowest BCUT2D eigenvalue weighted by molar-refractivity contribution is -0.134. The van der Waals surface area contributed by atoms with Gasteiger partial charge in [0.2, 0.25) is 11.8 Å². The summed E-state index contributed by atoms with van der Waals surface area (Å²) in [4.78, 5) is 37.6. The van der Waals surface area contributed by atoms with Gasteiger partial charge in [0.1, 0.15) is 11.6 Å². The molecule has 24 heavy (non-hydrogen) atoms. The maximum absolute atomic E-state index is 12.5. The van der Waals surface area contributed by atoms with Gasteiger partial charge in [-0.15, -0.1) is 0 Å². The molecule has 0 spiro atoms. The number of rotatable bonds is 6. The summed E-state index contributed by atoms with van der Waals surface area (Å²) in [6, 6.07) is -0.729. The van der Waals surface area contributed by atoms with E-state index >= 15 is 0 Å². The van der Waals surface area contributed by atoms with E-state index < -0.39 is 17.7 Å². The van der Waals surface area contributed by atoms with Crippen LogP contribution in [-0.2, 0) is 14.3 Å². The molecule has 1 fully saturated rings. The third-order valence-electron chi connectivity index (χ3n) is 3.59. The molecule has 2 atom stereocenters. The maximum Gasteiger partial charge on any atom is 0.408 e. The van der Waals surface area contributed by atoms with E-state index in [2.05, 4.69) is 10.6 Å². The van der Waals surface area contributed by atoms with E-state index in [0.29, 0.717) is 25.8 Å². The number of carbonyl (C=O) groups is 3. The number of amides is 3. The van der Waals surface area contributed by atoms with Gasteiger partial charge in [-0.1, -0.05) is 0 Å². The summed E-state index contributed by atoms with van der Waals surface area (Å²) in [6.07, 6.45) is 2.92. The molecule has 1 saturated heterocycles. The van der Waals surface area contributed by atoms with Crippen molar-refractivity contribution in [2.45, 2.75) is 57.7 Å². The van der Waals surface area contributed by atoms with Crippen LogP contribution in [0, 0.1) is 0 Å². The number of nitrogens with zero attached hydrogens (tertiary/aromatic N) is 1. The number of likely N-dealkylation sites (tertiary alicyclic amines) is 1. The van der Waals surface area contributed by atoms with E-state index in [0.717, 1.165) is 5.75 Å². The number of hydrogen-bond donors (Lipinski definition) is 2. The van der Waals surface area contributed by atoms with E-state index in [1.165, 1.54) is 0 Å². The fraction of sp³-hybridized carbons (Fsp3) is 0.812. The van der Waals surface area contributed by atoms with Crippen LogP contribution >= 0.6 is 11.8 Å². The molecular formula is C16H29N3O4S. The zero-order chi connectivity index (χ0) is 18.3. The van der Waals surface area contributed by atoms with Crippen molar-refractivity contribution in [2.75, 3.05) is 25.6 Å². The van der Waals surface area contributed by atoms with E-state index in [1.54, 1.807) is 44.5 Å². The maximum atomic E-state index is 12.5. The minimum Gasteiger partial charge on any atom is -0.444 e. The van der Waals surface area contributed by atoms with Crippen molar-refractivity contribution in [3.8, 4) is 0 Å². The van der Waals surface area contributed by atoms with Crippen LogP contribution in [0.25, 0.3) is 0 Å². The Morgan fingerprint density at radius 3 is 2.62 bits per heavy atom. The molecule has 138 valence electrons. The van der Waals surface area contributed by atoms with Crippen LogP contribution in [0.2, 0.25) is 0 Å². The molecule has 1 unspecified atom stereocenters. The van der Waals surface area contributed by atoms with Crippen LogP contribution in [0.15, 0.2) is 0 Å². The molecule has 2 N–H and O–H groups in total. The Morgan fingerprint density at radius 2 is 2.08 bits per heavy atom. The van der Waals surface area contributed by atoms with Crippen molar-refractivity contribution in [3.63, 3.8) is 0 Å². The summed E-state index contributed by atoms with van der Waals surface area (Å²) in [7, 11) is 1.73. The summed E-state index contributed by atoms with van der Waals surface area (Å²) in [6.45, 7) is 5.82. The molecule has 0 aromatic carbocycles. The summed E-state index contributed by atoms with van der Waals surface area (Å²) in [5, 5.41) is 5.59. The van der Waals surface area contributed by atoms with E-state index in [-0.39, 0.29) is 17.9 Å². The topological polar surface area (TPSA) is 87.7 Å². The van der Waals surface area contributed by atoms with Crippen LogP contribution in [0.5, 0.6) is 0 Å². The smallest absolute Gasteiger partial charge is 0.408 e. The molecule has 7 nitrogen and oxygen atoms in total. The first-order valence-electron chi connectivity index (χ1n) is 8.15. The number of hydrogen-bond acceptors (Lipinski definition) is 5. The van der Waals surface area contributed by atoms with Crippen LogP contribution in [-0.4, -0.2) is 66.1 Å². The van der Waals surface area contributed by atoms with Crippen molar-refractivity contribution in [3.05, 3.63) is 0 Å². The van der Waals surface area contributed by atoms with Crippen LogP contribution in [0.1, 0.15) is 40.0 Å². The first-order chi connectivity index (χ1) is 11.1. The molecule has 0 aromatic heterocycles. The highest BCUT2D eigenvalue weighted by atomic mass is 32.2.